The molecular weight excluding hydrogens is 266 g/mol. The minimum Gasteiger partial charge on any atom is -0.461 e. The van der Waals surface area contributed by atoms with Crippen molar-refractivity contribution in [3.63, 3.8) is 0 Å². The second-order valence-corrected chi connectivity index (χ2v) is 4.61. The van der Waals surface area contributed by atoms with Gasteiger partial charge < -0.3 is 9.30 Å². The highest BCUT2D eigenvalue weighted by Crippen LogP contribution is 2.12. The van der Waals surface area contributed by atoms with Gasteiger partial charge in [0.05, 0.1) is 12.5 Å². The third-order valence-corrected chi connectivity index (χ3v) is 2.60. The normalized spacial score (nSPS) is 11.0. The number of ether oxygens (including phenoxy) is 1. The number of nitrogens with zero attached hydrogens (tertiary/aromatic N) is 5. The van der Waals surface area contributed by atoms with E-state index in [2.05, 4.69) is 26.9 Å². The van der Waals surface area contributed by atoms with Gasteiger partial charge in [-0.05, 0) is 32.4 Å². The topological polar surface area (TPSA) is 65.7 Å². The first-order valence-corrected chi connectivity index (χ1v) is 6.53. The lowest BCUT2D eigenvalue weighted by molar-refractivity contribution is 0.220. The van der Waals surface area contributed by atoms with Crippen molar-refractivity contribution in [2.24, 2.45) is 0 Å². The summed E-state index contributed by atoms with van der Waals surface area (Å²) in [6, 6.07) is 0.250. The van der Waals surface area contributed by atoms with E-state index in [1.807, 2.05) is 24.6 Å². The largest absolute Gasteiger partial charge is 0.461 e. The van der Waals surface area contributed by atoms with Gasteiger partial charge in [0.2, 0.25) is 5.28 Å². The minimum absolute atomic E-state index is 0.0102. The average molecular weight is 282 g/mol. The van der Waals surface area contributed by atoms with Crippen LogP contribution in [-0.4, -0.2) is 30.6 Å². The Morgan fingerprint density at radius 3 is 2.79 bits per heavy atom. The van der Waals surface area contributed by atoms with Crippen LogP contribution in [0.5, 0.6) is 6.01 Å². The number of aryl methyl sites for hydroxylation is 1. The summed E-state index contributed by atoms with van der Waals surface area (Å²) in [5, 5.41) is 0.134. The van der Waals surface area contributed by atoms with Crippen LogP contribution < -0.4 is 4.74 Å². The van der Waals surface area contributed by atoms with Gasteiger partial charge in [0.15, 0.2) is 0 Å². The second-order valence-electron chi connectivity index (χ2n) is 4.28. The number of aromatic nitrogens is 5. The summed E-state index contributed by atoms with van der Waals surface area (Å²) in [6.45, 7) is 6.71. The Hall–Kier alpha value is -1.69. The van der Waals surface area contributed by atoms with Gasteiger partial charge in [-0.3, -0.25) is 0 Å². The molecule has 0 unspecified atom stereocenters. The molecule has 6 nitrogen and oxygen atoms in total. The van der Waals surface area contributed by atoms with Crippen LogP contribution in [-0.2, 0) is 13.0 Å². The molecule has 7 heteroatoms. The Bertz CT molecular complexity index is 555. The first kappa shape index (κ1) is 13.7. The number of hydrogen-bond donors (Lipinski definition) is 0. The fourth-order valence-corrected chi connectivity index (χ4v) is 1.82. The van der Waals surface area contributed by atoms with Crippen molar-refractivity contribution in [3.05, 3.63) is 29.3 Å². The molecule has 0 N–H and O–H groups in total. The molecule has 0 radical (unpaired) electrons. The predicted molar refractivity (Wildman–Crippen MR) is 71.3 cm³/mol. The molecule has 0 aromatic carbocycles. The summed E-state index contributed by atoms with van der Waals surface area (Å²) >= 11 is 5.88. The highest BCUT2D eigenvalue weighted by atomic mass is 35.5. The van der Waals surface area contributed by atoms with Gasteiger partial charge >= 0.3 is 6.01 Å². The van der Waals surface area contributed by atoms with Crippen LogP contribution in [0, 0.1) is 0 Å². The Morgan fingerprint density at radius 2 is 2.11 bits per heavy atom. The molecule has 0 spiro atoms. The SMILES string of the molecule is CCn1ccnc1Cc1nc(Cl)nc(OC(C)C)n1. The summed E-state index contributed by atoms with van der Waals surface area (Å²) in [5.74, 6) is 1.44. The zero-order valence-electron chi connectivity index (χ0n) is 11.2. The monoisotopic (exact) mass is 281 g/mol. The van der Waals surface area contributed by atoms with Crippen molar-refractivity contribution in [3.8, 4) is 6.01 Å². The van der Waals surface area contributed by atoms with Gasteiger partial charge in [-0.25, -0.2) is 9.97 Å². The van der Waals surface area contributed by atoms with Crippen molar-refractivity contribution in [1.29, 1.82) is 0 Å². The van der Waals surface area contributed by atoms with E-state index in [1.165, 1.54) is 0 Å². The number of imidazole rings is 1. The molecule has 2 aromatic heterocycles. The average Bonchev–Trinajstić information content (AvgIpc) is 2.74. The Morgan fingerprint density at radius 1 is 1.32 bits per heavy atom. The van der Waals surface area contributed by atoms with Crippen LogP contribution in [0.15, 0.2) is 12.4 Å². The molecular formula is C12H16ClN5O. The highest BCUT2D eigenvalue weighted by Gasteiger charge is 2.10. The van der Waals surface area contributed by atoms with Gasteiger partial charge in [0, 0.05) is 18.9 Å². The molecule has 2 aromatic rings. The number of halogens is 1. The van der Waals surface area contributed by atoms with E-state index >= 15 is 0 Å². The molecule has 0 saturated heterocycles. The summed E-state index contributed by atoms with van der Waals surface area (Å²) in [4.78, 5) is 16.6. The fraction of sp³-hybridized carbons (Fsp3) is 0.500. The third kappa shape index (κ3) is 3.64. The molecule has 0 amide bonds. The van der Waals surface area contributed by atoms with Crippen molar-refractivity contribution < 1.29 is 4.74 Å². The molecule has 0 aliphatic rings. The van der Waals surface area contributed by atoms with E-state index in [0.717, 1.165) is 12.4 Å². The zero-order chi connectivity index (χ0) is 13.8. The molecule has 2 rings (SSSR count). The second kappa shape index (κ2) is 5.97. The number of hydrogen-bond acceptors (Lipinski definition) is 5. The van der Waals surface area contributed by atoms with Crippen molar-refractivity contribution in [1.82, 2.24) is 24.5 Å². The van der Waals surface area contributed by atoms with Gasteiger partial charge in [-0.15, -0.1) is 0 Å². The van der Waals surface area contributed by atoms with E-state index in [0.29, 0.717) is 12.2 Å². The van der Waals surface area contributed by atoms with Gasteiger partial charge in [0.1, 0.15) is 11.6 Å². The summed E-state index contributed by atoms with van der Waals surface area (Å²) < 4.78 is 7.47. The Kier molecular flexibility index (Phi) is 4.31. The predicted octanol–water partition coefficient (Wildman–Crippen LogP) is 2.12. The summed E-state index contributed by atoms with van der Waals surface area (Å²) in [5.41, 5.74) is 0. The van der Waals surface area contributed by atoms with E-state index in [4.69, 9.17) is 16.3 Å². The molecule has 102 valence electrons. The van der Waals surface area contributed by atoms with E-state index in [-0.39, 0.29) is 17.4 Å². The molecule has 0 aliphatic heterocycles. The standard InChI is InChI=1S/C12H16ClN5O/c1-4-18-6-5-14-10(18)7-9-15-11(13)17-12(16-9)19-8(2)3/h5-6,8H,4,7H2,1-3H3. The van der Waals surface area contributed by atoms with Gasteiger partial charge in [-0.2, -0.15) is 9.97 Å². The lowest BCUT2D eigenvalue weighted by atomic mass is 10.4. The molecule has 0 bridgehead atoms. The lowest BCUT2D eigenvalue weighted by Gasteiger charge is -2.09. The maximum atomic E-state index is 5.88. The third-order valence-electron chi connectivity index (χ3n) is 2.43. The van der Waals surface area contributed by atoms with Crippen molar-refractivity contribution in [2.75, 3.05) is 0 Å². The minimum atomic E-state index is -0.0102. The first-order chi connectivity index (χ1) is 9.08. The van der Waals surface area contributed by atoms with Crippen LogP contribution in [0.4, 0.5) is 0 Å². The van der Waals surface area contributed by atoms with Crippen LogP contribution in [0.1, 0.15) is 32.4 Å². The Balaban J connectivity index is 2.22. The Labute approximate surface area is 116 Å². The van der Waals surface area contributed by atoms with Crippen LogP contribution in [0.25, 0.3) is 0 Å². The van der Waals surface area contributed by atoms with Crippen LogP contribution in [0.2, 0.25) is 5.28 Å². The highest BCUT2D eigenvalue weighted by molar-refractivity contribution is 6.28. The first-order valence-electron chi connectivity index (χ1n) is 6.15. The molecule has 0 fully saturated rings. The fourth-order valence-electron chi connectivity index (χ4n) is 1.65. The molecule has 19 heavy (non-hydrogen) atoms. The van der Waals surface area contributed by atoms with Crippen LogP contribution >= 0.6 is 11.6 Å². The number of rotatable bonds is 5. The maximum Gasteiger partial charge on any atom is 0.321 e. The van der Waals surface area contributed by atoms with Gasteiger partial charge in [0.25, 0.3) is 0 Å². The van der Waals surface area contributed by atoms with Crippen molar-refractivity contribution >= 4 is 11.6 Å². The summed E-state index contributed by atoms with van der Waals surface area (Å²) in [6.07, 6.45) is 4.16. The lowest BCUT2D eigenvalue weighted by Crippen LogP contribution is -2.12. The van der Waals surface area contributed by atoms with E-state index in [9.17, 15) is 0 Å². The molecule has 0 saturated carbocycles. The molecule has 2 heterocycles. The maximum absolute atomic E-state index is 5.88. The van der Waals surface area contributed by atoms with E-state index in [1.54, 1.807) is 6.20 Å². The smallest absolute Gasteiger partial charge is 0.321 e. The van der Waals surface area contributed by atoms with Crippen molar-refractivity contribution in [2.45, 2.75) is 39.8 Å². The molecule has 0 atom stereocenters. The van der Waals surface area contributed by atoms with E-state index < -0.39 is 0 Å². The van der Waals surface area contributed by atoms with Gasteiger partial charge in [-0.1, -0.05) is 0 Å². The zero-order valence-corrected chi connectivity index (χ0v) is 11.9. The summed E-state index contributed by atoms with van der Waals surface area (Å²) in [7, 11) is 0. The quantitative estimate of drug-likeness (QED) is 0.840. The van der Waals surface area contributed by atoms with Crippen LogP contribution in [0.3, 0.4) is 0 Å². The molecule has 0 aliphatic carbocycles.